The zero-order valence-corrected chi connectivity index (χ0v) is 8.08. The second-order valence-corrected chi connectivity index (χ2v) is 3.22. The molecule has 0 bridgehead atoms. The standard InChI is InChI=1S/C9H15NO3/c1-3-7-6-8(11)4-5-10(7)9(12)13-2/h7H,3-6H2,1-2H3/t7-/m1/s1. The molecule has 4 nitrogen and oxygen atoms in total. The molecule has 0 aliphatic carbocycles. The van der Waals surface area contributed by atoms with Crippen LogP contribution in [0.3, 0.4) is 0 Å². The molecule has 1 atom stereocenters. The Balaban J connectivity index is 2.62. The highest BCUT2D eigenvalue weighted by Gasteiger charge is 2.29. The van der Waals surface area contributed by atoms with Gasteiger partial charge in [-0.3, -0.25) is 4.79 Å². The van der Waals surface area contributed by atoms with E-state index in [4.69, 9.17) is 0 Å². The highest BCUT2D eigenvalue weighted by Crippen LogP contribution is 2.17. The zero-order chi connectivity index (χ0) is 9.84. The lowest BCUT2D eigenvalue weighted by atomic mass is 9.99. The summed E-state index contributed by atoms with van der Waals surface area (Å²) in [5, 5.41) is 0. The SMILES string of the molecule is CC[C@@H]1CC(=O)CCN1C(=O)OC. The van der Waals surface area contributed by atoms with E-state index in [-0.39, 0.29) is 17.9 Å². The summed E-state index contributed by atoms with van der Waals surface area (Å²) in [5.74, 6) is 0.243. The smallest absolute Gasteiger partial charge is 0.409 e. The number of methoxy groups -OCH3 is 1. The van der Waals surface area contributed by atoms with Gasteiger partial charge in [0, 0.05) is 25.4 Å². The maximum Gasteiger partial charge on any atom is 0.409 e. The Bertz CT molecular complexity index is 215. The van der Waals surface area contributed by atoms with Crippen LogP contribution in [0.1, 0.15) is 26.2 Å². The van der Waals surface area contributed by atoms with Crippen molar-refractivity contribution in [3.8, 4) is 0 Å². The molecular formula is C9H15NO3. The summed E-state index contributed by atoms with van der Waals surface area (Å²) in [6, 6.07) is 0.0358. The van der Waals surface area contributed by atoms with Crippen LogP contribution in [0.5, 0.6) is 0 Å². The first-order chi connectivity index (χ1) is 6.19. The summed E-state index contributed by atoms with van der Waals surface area (Å²) in [4.78, 5) is 24.0. The number of carbonyl (C=O) groups is 2. The van der Waals surface area contributed by atoms with Gasteiger partial charge >= 0.3 is 6.09 Å². The number of likely N-dealkylation sites (tertiary alicyclic amines) is 1. The summed E-state index contributed by atoms with van der Waals surface area (Å²) < 4.78 is 4.63. The van der Waals surface area contributed by atoms with Crippen molar-refractivity contribution >= 4 is 11.9 Å². The van der Waals surface area contributed by atoms with Crippen LogP contribution < -0.4 is 0 Å². The van der Waals surface area contributed by atoms with E-state index in [0.29, 0.717) is 19.4 Å². The van der Waals surface area contributed by atoms with Crippen molar-refractivity contribution in [2.24, 2.45) is 0 Å². The number of ketones is 1. The second kappa shape index (κ2) is 4.25. The Morgan fingerprint density at radius 3 is 2.92 bits per heavy atom. The predicted molar refractivity (Wildman–Crippen MR) is 47.4 cm³/mol. The molecule has 0 aromatic carbocycles. The van der Waals surface area contributed by atoms with Crippen LogP contribution in [-0.2, 0) is 9.53 Å². The third kappa shape index (κ3) is 2.20. The maximum atomic E-state index is 11.2. The molecule has 1 aliphatic rings. The molecule has 1 rings (SSSR count). The van der Waals surface area contributed by atoms with Gasteiger partial charge in [-0.05, 0) is 6.42 Å². The van der Waals surface area contributed by atoms with E-state index in [1.807, 2.05) is 6.92 Å². The summed E-state index contributed by atoms with van der Waals surface area (Å²) >= 11 is 0. The number of amides is 1. The van der Waals surface area contributed by atoms with Gasteiger partial charge in [-0.25, -0.2) is 4.79 Å². The molecule has 1 fully saturated rings. The molecule has 0 spiro atoms. The van der Waals surface area contributed by atoms with Crippen LogP contribution in [0.15, 0.2) is 0 Å². The van der Waals surface area contributed by atoms with Crippen molar-refractivity contribution in [2.75, 3.05) is 13.7 Å². The molecule has 0 radical (unpaired) electrons. The number of ether oxygens (including phenoxy) is 1. The summed E-state index contributed by atoms with van der Waals surface area (Å²) in [6.07, 6.45) is 1.43. The summed E-state index contributed by atoms with van der Waals surface area (Å²) in [6.45, 7) is 2.48. The second-order valence-electron chi connectivity index (χ2n) is 3.22. The lowest BCUT2D eigenvalue weighted by Crippen LogP contribution is -2.45. The fraction of sp³-hybridized carbons (Fsp3) is 0.778. The minimum atomic E-state index is -0.320. The Hall–Kier alpha value is -1.06. The van der Waals surface area contributed by atoms with Gasteiger partial charge in [-0.15, -0.1) is 0 Å². The van der Waals surface area contributed by atoms with E-state index in [1.54, 1.807) is 4.90 Å². The fourth-order valence-corrected chi connectivity index (χ4v) is 1.63. The molecule has 4 heteroatoms. The number of hydrogen-bond donors (Lipinski definition) is 0. The number of carbonyl (C=O) groups excluding carboxylic acids is 2. The fourth-order valence-electron chi connectivity index (χ4n) is 1.63. The van der Waals surface area contributed by atoms with Gasteiger partial charge in [0.15, 0.2) is 0 Å². The minimum Gasteiger partial charge on any atom is -0.453 e. The number of Topliss-reactive ketones (excluding diaryl/α,β-unsaturated/α-hetero) is 1. The van der Waals surface area contributed by atoms with E-state index in [1.165, 1.54) is 7.11 Å². The number of rotatable bonds is 1. The van der Waals surface area contributed by atoms with Crippen LogP contribution in [-0.4, -0.2) is 36.5 Å². The van der Waals surface area contributed by atoms with Gasteiger partial charge in [0.05, 0.1) is 7.11 Å². The van der Waals surface area contributed by atoms with Crippen LogP contribution in [0.2, 0.25) is 0 Å². The van der Waals surface area contributed by atoms with Crippen molar-refractivity contribution in [2.45, 2.75) is 32.2 Å². The van der Waals surface area contributed by atoms with Gasteiger partial charge < -0.3 is 9.64 Å². The van der Waals surface area contributed by atoms with Crippen molar-refractivity contribution in [1.82, 2.24) is 4.90 Å². The minimum absolute atomic E-state index is 0.0358. The molecule has 1 amide bonds. The molecule has 0 N–H and O–H groups in total. The van der Waals surface area contributed by atoms with E-state index < -0.39 is 0 Å². The van der Waals surface area contributed by atoms with E-state index in [9.17, 15) is 9.59 Å². The van der Waals surface area contributed by atoms with Gasteiger partial charge in [-0.1, -0.05) is 6.92 Å². The third-order valence-electron chi connectivity index (χ3n) is 2.42. The first-order valence-electron chi connectivity index (χ1n) is 4.55. The third-order valence-corrected chi connectivity index (χ3v) is 2.42. The quantitative estimate of drug-likeness (QED) is 0.616. The molecule has 74 valence electrons. The molecule has 0 aromatic heterocycles. The normalized spacial score (nSPS) is 23.1. The van der Waals surface area contributed by atoms with E-state index in [2.05, 4.69) is 4.74 Å². The Morgan fingerprint density at radius 1 is 1.69 bits per heavy atom. The van der Waals surface area contributed by atoms with Crippen LogP contribution in [0, 0.1) is 0 Å². The van der Waals surface area contributed by atoms with Crippen LogP contribution in [0.4, 0.5) is 4.79 Å². The maximum absolute atomic E-state index is 11.2. The lowest BCUT2D eigenvalue weighted by Gasteiger charge is -2.33. The first-order valence-corrected chi connectivity index (χ1v) is 4.55. The molecule has 0 unspecified atom stereocenters. The zero-order valence-electron chi connectivity index (χ0n) is 8.08. The highest BCUT2D eigenvalue weighted by atomic mass is 16.5. The molecule has 0 saturated carbocycles. The first kappa shape index (κ1) is 10.0. The van der Waals surface area contributed by atoms with Crippen LogP contribution >= 0.6 is 0 Å². The lowest BCUT2D eigenvalue weighted by molar-refractivity contribution is -0.122. The van der Waals surface area contributed by atoms with Crippen molar-refractivity contribution < 1.29 is 14.3 Å². The van der Waals surface area contributed by atoms with Gasteiger partial charge in [0.2, 0.25) is 0 Å². The number of piperidine rings is 1. The van der Waals surface area contributed by atoms with Gasteiger partial charge in [-0.2, -0.15) is 0 Å². The molecule has 1 saturated heterocycles. The molecule has 1 aliphatic heterocycles. The predicted octanol–water partition coefficient (Wildman–Crippen LogP) is 1.20. The average molecular weight is 185 g/mol. The van der Waals surface area contributed by atoms with Crippen molar-refractivity contribution in [3.63, 3.8) is 0 Å². The summed E-state index contributed by atoms with van der Waals surface area (Å²) in [5.41, 5.74) is 0. The Morgan fingerprint density at radius 2 is 2.38 bits per heavy atom. The Kier molecular flexibility index (Phi) is 3.28. The van der Waals surface area contributed by atoms with Crippen molar-refractivity contribution in [1.29, 1.82) is 0 Å². The topological polar surface area (TPSA) is 46.6 Å². The van der Waals surface area contributed by atoms with Crippen LogP contribution in [0.25, 0.3) is 0 Å². The van der Waals surface area contributed by atoms with E-state index >= 15 is 0 Å². The number of nitrogens with zero attached hydrogens (tertiary/aromatic N) is 1. The van der Waals surface area contributed by atoms with Gasteiger partial charge in [0.25, 0.3) is 0 Å². The summed E-state index contributed by atoms with van der Waals surface area (Å²) in [7, 11) is 1.37. The highest BCUT2D eigenvalue weighted by molar-refractivity contribution is 5.82. The molecule has 13 heavy (non-hydrogen) atoms. The van der Waals surface area contributed by atoms with Crippen molar-refractivity contribution in [3.05, 3.63) is 0 Å². The van der Waals surface area contributed by atoms with E-state index in [0.717, 1.165) is 6.42 Å². The Labute approximate surface area is 77.8 Å². The molecule has 1 heterocycles. The molecule has 0 aromatic rings. The largest absolute Gasteiger partial charge is 0.453 e. The molecular weight excluding hydrogens is 170 g/mol. The van der Waals surface area contributed by atoms with Gasteiger partial charge in [0.1, 0.15) is 5.78 Å². The number of hydrogen-bond acceptors (Lipinski definition) is 3. The monoisotopic (exact) mass is 185 g/mol. The average Bonchev–Trinajstić information content (AvgIpc) is 2.16.